The highest BCUT2D eigenvalue weighted by Gasteiger charge is 2.19. The van der Waals surface area contributed by atoms with E-state index >= 15 is 0 Å². The fourth-order valence-corrected chi connectivity index (χ4v) is 3.34. The van der Waals surface area contributed by atoms with Gasteiger partial charge in [0.25, 0.3) is 0 Å². The summed E-state index contributed by atoms with van der Waals surface area (Å²) in [5.41, 5.74) is 7.60. The van der Waals surface area contributed by atoms with Crippen LogP contribution >= 0.6 is 11.3 Å². The summed E-state index contributed by atoms with van der Waals surface area (Å²) in [4.78, 5) is 22.0. The van der Waals surface area contributed by atoms with Gasteiger partial charge in [0.1, 0.15) is 11.4 Å². The average molecular weight is 304 g/mol. The van der Waals surface area contributed by atoms with Gasteiger partial charge in [-0.15, -0.1) is 11.3 Å². The lowest BCUT2D eigenvalue weighted by molar-refractivity contribution is 0.0527. The minimum absolute atomic E-state index is 0.304. The zero-order valence-corrected chi connectivity index (χ0v) is 12.5. The first-order valence-electron chi connectivity index (χ1n) is 6.85. The Kier molecular flexibility index (Phi) is 3.74. The third-order valence-electron chi connectivity index (χ3n) is 3.23. The third-order valence-corrected chi connectivity index (χ3v) is 4.30. The number of carbonyl (C=O) groups is 1. The maximum absolute atomic E-state index is 12.0. The van der Waals surface area contributed by atoms with Crippen LogP contribution in [0.5, 0.6) is 0 Å². The zero-order chi connectivity index (χ0) is 14.8. The molecule has 2 heterocycles. The molecule has 2 aromatic rings. The molecule has 0 saturated carbocycles. The van der Waals surface area contributed by atoms with Crippen LogP contribution in [0.2, 0.25) is 0 Å². The molecule has 110 valence electrons. The van der Waals surface area contributed by atoms with Gasteiger partial charge in [0, 0.05) is 4.88 Å². The van der Waals surface area contributed by atoms with Gasteiger partial charge in [0.15, 0.2) is 5.13 Å². The van der Waals surface area contributed by atoms with Crippen molar-refractivity contribution in [3.63, 3.8) is 0 Å². The zero-order valence-electron chi connectivity index (χ0n) is 11.7. The minimum Gasteiger partial charge on any atom is -0.462 e. The highest BCUT2D eigenvalue weighted by molar-refractivity contribution is 7.15. The number of rotatable bonds is 4. The van der Waals surface area contributed by atoms with Crippen molar-refractivity contribution in [3.8, 4) is 0 Å². The molecule has 0 unspecified atom stereocenters. The lowest BCUT2D eigenvalue weighted by atomic mass is 10.2. The molecule has 0 bridgehead atoms. The maximum Gasteiger partial charge on any atom is 0.341 e. The van der Waals surface area contributed by atoms with E-state index in [1.807, 2.05) is 0 Å². The van der Waals surface area contributed by atoms with Crippen molar-refractivity contribution in [1.82, 2.24) is 9.97 Å². The molecular weight excluding hydrogens is 288 g/mol. The van der Waals surface area contributed by atoms with E-state index in [0.29, 0.717) is 23.7 Å². The van der Waals surface area contributed by atoms with Crippen LogP contribution in [0.15, 0.2) is 12.3 Å². The monoisotopic (exact) mass is 304 g/mol. The van der Waals surface area contributed by atoms with Gasteiger partial charge in [-0.3, -0.25) is 0 Å². The molecule has 21 heavy (non-hydrogen) atoms. The number of nitrogen functional groups attached to an aromatic ring is 1. The van der Waals surface area contributed by atoms with Crippen molar-refractivity contribution in [1.29, 1.82) is 0 Å². The number of carbonyl (C=O) groups excluding carboxylic acids is 1. The number of aromatic nitrogens is 2. The SMILES string of the molecule is CCOC(=O)c1cc(N)cnc1Nc1nc2c(s1)CCC2. The van der Waals surface area contributed by atoms with Crippen molar-refractivity contribution in [3.05, 3.63) is 28.4 Å². The highest BCUT2D eigenvalue weighted by atomic mass is 32.1. The molecule has 0 atom stereocenters. The van der Waals surface area contributed by atoms with E-state index in [0.717, 1.165) is 23.7 Å². The third kappa shape index (κ3) is 2.82. The summed E-state index contributed by atoms with van der Waals surface area (Å²) in [6.45, 7) is 2.06. The van der Waals surface area contributed by atoms with Crippen LogP contribution in [0.4, 0.5) is 16.6 Å². The Labute approximate surface area is 126 Å². The van der Waals surface area contributed by atoms with Crippen LogP contribution in [-0.2, 0) is 17.6 Å². The number of nitrogens with zero attached hydrogens (tertiary/aromatic N) is 2. The maximum atomic E-state index is 12.0. The molecule has 1 aliphatic carbocycles. The van der Waals surface area contributed by atoms with E-state index in [4.69, 9.17) is 10.5 Å². The smallest absolute Gasteiger partial charge is 0.341 e. The van der Waals surface area contributed by atoms with Gasteiger partial charge in [0.05, 0.1) is 24.2 Å². The number of nitrogens with one attached hydrogen (secondary N) is 1. The number of hydrogen-bond donors (Lipinski definition) is 2. The summed E-state index contributed by atoms with van der Waals surface area (Å²) >= 11 is 1.61. The van der Waals surface area contributed by atoms with E-state index in [-0.39, 0.29) is 0 Å². The second kappa shape index (κ2) is 5.69. The van der Waals surface area contributed by atoms with Crippen LogP contribution < -0.4 is 11.1 Å². The van der Waals surface area contributed by atoms with Gasteiger partial charge < -0.3 is 15.8 Å². The van der Waals surface area contributed by atoms with E-state index in [9.17, 15) is 4.79 Å². The average Bonchev–Trinajstić information content (AvgIpc) is 3.02. The molecule has 0 aliphatic heterocycles. The molecular formula is C14H16N4O2S. The minimum atomic E-state index is -0.441. The molecule has 1 aliphatic rings. The number of hydrogen-bond acceptors (Lipinski definition) is 7. The second-order valence-electron chi connectivity index (χ2n) is 4.75. The van der Waals surface area contributed by atoms with Gasteiger partial charge in [-0.25, -0.2) is 14.8 Å². The summed E-state index contributed by atoms with van der Waals surface area (Å²) < 4.78 is 5.03. The predicted octanol–water partition coefficient (Wildman–Crippen LogP) is 2.53. The van der Waals surface area contributed by atoms with E-state index in [1.54, 1.807) is 24.3 Å². The van der Waals surface area contributed by atoms with Crippen molar-refractivity contribution < 1.29 is 9.53 Å². The Hall–Kier alpha value is -2.15. The molecule has 0 fully saturated rings. The number of anilines is 3. The molecule has 0 spiro atoms. The highest BCUT2D eigenvalue weighted by Crippen LogP contribution is 2.32. The van der Waals surface area contributed by atoms with Crippen molar-refractivity contribution in [2.24, 2.45) is 0 Å². The molecule has 0 amide bonds. The van der Waals surface area contributed by atoms with Gasteiger partial charge >= 0.3 is 5.97 Å². The summed E-state index contributed by atoms with van der Waals surface area (Å²) in [7, 11) is 0. The van der Waals surface area contributed by atoms with E-state index in [1.165, 1.54) is 17.5 Å². The quantitative estimate of drug-likeness (QED) is 0.844. The molecule has 0 saturated heterocycles. The fraction of sp³-hybridized carbons (Fsp3) is 0.357. The summed E-state index contributed by atoms with van der Waals surface area (Å²) in [6.07, 6.45) is 4.77. The molecule has 0 aromatic carbocycles. The summed E-state index contributed by atoms with van der Waals surface area (Å²) in [5.74, 6) is -0.0148. The van der Waals surface area contributed by atoms with Crippen LogP contribution in [0.25, 0.3) is 0 Å². The van der Waals surface area contributed by atoms with Crippen LogP contribution in [0, 0.1) is 0 Å². The molecule has 2 aromatic heterocycles. The Bertz CT molecular complexity index is 662. The summed E-state index contributed by atoms with van der Waals surface area (Å²) in [5, 5.41) is 3.86. The predicted molar refractivity (Wildman–Crippen MR) is 82.0 cm³/mol. The lowest BCUT2D eigenvalue weighted by Crippen LogP contribution is -2.10. The normalized spacial score (nSPS) is 13.0. The topological polar surface area (TPSA) is 90.1 Å². The standard InChI is InChI=1S/C14H16N4O2S/c1-2-20-13(19)9-6-8(15)7-16-12(9)18-14-17-10-4-3-5-11(10)21-14/h6-7H,2-5,15H2,1H3,(H,16,17,18). The number of thiazole rings is 1. The molecule has 3 rings (SSSR count). The van der Waals surface area contributed by atoms with Crippen LogP contribution in [0.3, 0.4) is 0 Å². The van der Waals surface area contributed by atoms with E-state index < -0.39 is 5.97 Å². The van der Waals surface area contributed by atoms with Gasteiger partial charge in [0.2, 0.25) is 0 Å². The van der Waals surface area contributed by atoms with Gasteiger partial charge in [-0.05, 0) is 32.3 Å². The molecule has 7 heteroatoms. The lowest BCUT2D eigenvalue weighted by Gasteiger charge is -2.09. The number of nitrogens with two attached hydrogens (primary N) is 1. The Morgan fingerprint density at radius 3 is 3.14 bits per heavy atom. The van der Waals surface area contributed by atoms with Crippen molar-refractivity contribution >= 4 is 33.9 Å². The first-order chi connectivity index (χ1) is 10.2. The first kappa shape index (κ1) is 13.8. The van der Waals surface area contributed by atoms with Crippen LogP contribution in [0.1, 0.15) is 34.3 Å². The molecule has 6 nitrogen and oxygen atoms in total. The van der Waals surface area contributed by atoms with Crippen molar-refractivity contribution in [2.75, 3.05) is 17.7 Å². The number of ether oxygens (including phenoxy) is 1. The number of aryl methyl sites for hydroxylation is 2. The number of fused-ring (bicyclic) bond motifs is 1. The van der Waals surface area contributed by atoms with Crippen LogP contribution in [-0.4, -0.2) is 22.5 Å². The fourth-order valence-electron chi connectivity index (χ4n) is 2.29. The van der Waals surface area contributed by atoms with Crippen molar-refractivity contribution in [2.45, 2.75) is 26.2 Å². The largest absolute Gasteiger partial charge is 0.462 e. The molecule has 3 N–H and O–H groups in total. The van der Waals surface area contributed by atoms with Gasteiger partial charge in [-0.2, -0.15) is 0 Å². The first-order valence-corrected chi connectivity index (χ1v) is 7.67. The Balaban J connectivity index is 1.88. The summed E-state index contributed by atoms with van der Waals surface area (Å²) in [6, 6.07) is 1.56. The van der Waals surface area contributed by atoms with Gasteiger partial charge in [-0.1, -0.05) is 0 Å². The number of pyridine rings is 1. The Morgan fingerprint density at radius 2 is 2.38 bits per heavy atom. The molecule has 0 radical (unpaired) electrons. The number of esters is 1. The second-order valence-corrected chi connectivity index (χ2v) is 5.84. The Morgan fingerprint density at radius 1 is 1.52 bits per heavy atom. The van der Waals surface area contributed by atoms with E-state index in [2.05, 4.69) is 15.3 Å².